The van der Waals surface area contributed by atoms with Gasteiger partial charge in [-0.25, -0.2) is 0 Å². The summed E-state index contributed by atoms with van der Waals surface area (Å²) in [6.07, 6.45) is -1.79. The molecule has 0 saturated heterocycles. The summed E-state index contributed by atoms with van der Waals surface area (Å²) >= 11 is 0. The van der Waals surface area contributed by atoms with Gasteiger partial charge in [-0.3, -0.25) is 28.8 Å². The molecule has 1 unspecified atom stereocenters. The lowest BCUT2D eigenvalue weighted by Gasteiger charge is -2.16. The van der Waals surface area contributed by atoms with Gasteiger partial charge in [0.05, 0.1) is 5.56 Å². The maximum atomic E-state index is 12.6. The van der Waals surface area contributed by atoms with E-state index in [9.17, 15) is 28.8 Å². The van der Waals surface area contributed by atoms with Crippen LogP contribution in [0.2, 0.25) is 0 Å². The molecule has 2 aromatic rings. The zero-order valence-electron chi connectivity index (χ0n) is 17.2. The van der Waals surface area contributed by atoms with Crippen LogP contribution in [0.3, 0.4) is 0 Å². The van der Waals surface area contributed by atoms with Crippen LogP contribution < -0.4 is 0 Å². The lowest BCUT2D eigenvalue weighted by molar-refractivity contribution is -0.164. The lowest BCUT2D eigenvalue weighted by atomic mass is 9.88. The number of fused-ring (bicyclic) bond motifs is 2. The van der Waals surface area contributed by atoms with Crippen molar-refractivity contribution in [1.29, 1.82) is 0 Å². The minimum Gasteiger partial charge on any atom is -0.462 e. The van der Waals surface area contributed by atoms with Gasteiger partial charge in [0.15, 0.2) is 23.4 Å². The Bertz CT molecular complexity index is 1070. The molecule has 0 spiro atoms. The summed E-state index contributed by atoms with van der Waals surface area (Å²) in [4.78, 5) is 71.6. The molecule has 3 rings (SSSR count). The molecule has 0 fully saturated rings. The van der Waals surface area contributed by atoms with Crippen molar-refractivity contribution in [3.05, 3.63) is 58.5 Å². The van der Waals surface area contributed by atoms with Crippen LogP contribution in [-0.4, -0.2) is 54.6 Å². The maximum absolute atomic E-state index is 12.6. The molecule has 0 saturated carbocycles. The Hall–Kier alpha value is -4.08. The quantitative estimate of drug-likeness (QED) is 0.219. The van der Waals surface area contributed by atoms with Crippen LogP contribution in [0.5, 0.6) is 0 Å². The Morgan fingerprint density at radius 3 is 2.12 bits per heavy atom. The van der Waals surface area contributed by atoms with Crippen molar-refractivity contribution in [3.63, 3.8) is 0 Å². The minimum absolute atomic E-state index is 0.0540. The molecule has 1 atom stereocenters. The molecule has 0 radical (unpaired) electrons. The second kappa shape index (κ2) is 9.38. The van der Waals surface area contributed by atoms with Gasteiger partial charge < -0.3 is 18.6 Å². The molecule has 0 aliphatic heterocycles. The van der Waals surface area contributed by atoms with Gasteiger partial charge in [0.25, 0.3) is 0 Å². The third-order valence-corrected chi connectivity index (χ3v) is 4.41. The van der Waals surface area contributed by atoms with E-state index >= 15 is 0 Å². The first kappa shape index (κ1) is 22.6. The van der Waals surface area contributed by atoms with E-state index in [0.717, 1.165) is 19.9 Å². The predicted molar refractivity (Wildman–Crippen MR) is 104 cm³/mol. The highest BCUT2D eigenvalue weighted by molar-refractivity contribution is 6.28. The van der Waals surface area contributed by atoms with E-state index in [1.54, 1.807) is 12.1 Å². The second-order valence-electron chi connectivity index (χ2n) is 6.87. The van der Waals surface area contributed by atoms with E-state index in [1.807, 2.05) is 0 Å². The minimum atomic E-state index is -1.04. The van der Waals surface area contributed by atoms with Gasteiger partial charge in [0.1, 0.15) is 19.6 Å². The van der Waals surface area contributed by atoms with Crippen molar-refractivity contribution in [1.82, 2.24) is 0 Å². The van der Waals surface area contributed by atoms with Crippen LogP contribution in [0.25, 0.3) is 0 Å². The van der Waals surface area contributed by atoms with E-state index in [-0.39, 0.29) is 34.8 Å². The summed E-state index contributed by atoms with van der Waals surface area (Å²) in [7, 11) is 0. The average Bonchev–Trinajstić information content (AvgIpc) is 3.20. The van der Waals surface area contributed by atoms with Crippen LogP contribution in [0, 0.1) is 0 Å². The number of furan rings is 1. The molecule has 0 amide bonds. The van der Waals surface area contributed by atoms with E-state index < -0.39 is 54.4 Å². The summed E-state index contributed by atoms with van der Waals surface area (Å²) < 4.78 is 19.8. The summed E-state index contributed by atoms with van der Waals surface area (Å²) in [5.41, 5.74) is 0.317. The number of esters is 3. The molecule has 32 heavy (non-hydrogen) atoms. The number of ketones is 3. The molecule has 10 heteroatoms. The fourth-order valence-electron chi connectivity index (χ4n) is 3.03. The summed E-state index contributed by atoms with van der Waals surface area (Å²) in [5.74, 6) is -4.66. The van der Waals surface area contributed by atoms with Crippen LogP contribution in [0.4, 0.5) is 0 Å². The van der Waals surface area contributed by atoms with Crippen LogP contribution in [0.15, 0.2) is 34.7 Å². The lowest BCUT2D eigenvalue weighted by Crippen LogP contribution is -2.30. The molecule has 10 nitrogen and oxygen atoms in total. The van der Waals surface area contributed by atoms with Gasteiger partial charge in [-0.1, -0.05) is 24.3 Å². The Morgan fingerprint density at radius 1 is 0.875 bits per heavy atom. The monoisotopic (exact) mass is 442 g/mol. The summed E-state index contributed by atoms with van der Waals surface area (Å²) in [6, 6.07) is 7.32. The van der Waals surface area contributed by atoms with E-state index in [4.69, 9.17) is 18.6 Å². The molecule has 1 aliphatic rings. The first-order valence-corrected chi connectivity index (χ1v) is 9.49. The molecule has 166 valence electrons. The zero-order valence-corrected chi connectivity index (χ0v) is 17.2. The summed E-state index contributed by atoms with van der Waals surface area (Å²) in [5, 5.41) is 0. The molecular weight excluding hydrogens is 424 g/mol. The van der Waals surface area contributed by atoms with Crippen LogP contribution in [-0.2, 0) is 28.6 Å². The largest absolute Gasteiger partial charge is 0.462 e. The fraction of sp³-hybridized carbons (Fsp3) is 0.273. The van der Waals surface area contributed by atoms with E-state index in [1.165, 1.54) is 12.1 Å². The molecule has 0 N–H and O–H groups in total. The number of carbonyl (C=O) groups is 6. The molecule has 1 heterocycles. The highest BCUT2D eigenvalue weighted by Gasteiger charge is 2.34. The van der Waals surface area contributed by atoms with Gasteiger partial charge in [0.2, 0.25) is 11.6 Å². The first-order valence-electron chi connectivity index (χ1n) is 9.49. The Balaban J connectivity index is 1.64. The number of Topliss-reactive ketones (excluding diaryl/α,β-unsaturated/α-hetero) is 1. The van der Waals surface area contributed by atoms with Crippen molar-refractivity contribution in [3.8, 4) is 0 Å². The smallest absolute Gasteiger partial charge is 0.313 e. The fourth-order valence-corrected chi connectivity index (χ4v) is 3.03. The number of ether oxygens (including phenoxy) is 3. The average molecular weight is 442 g/mol. The third kappa shape index (κ3) is 4.97. The van der Waals surface area contributed by atoms with Crippen molar-refractivity contribution in [2.75, 3.05) is 13.2 Å². The van der Waals surface area contributed by atoms with Crippen molar-refractivity contribution in [2.24, 2.45) is 0 Å². The van der Waals surface area contributed by atoms with E-state index in [2.05, 4.69) is 0 Å². The number of hydrogen-bond donors (Lipinski definition) is 0. The molecule has 1 aromatic heterocycles. The SMILES string of the molecule is CC(=O)OCC(COC(=O)CC(=O)c1cc2c(o1)C(=O)c1ccccc1C2=O)OC(C)=O. The Labute approximate surface area is 181 Å². The molecule has 1 aromatic carbocycles. The number of benzene rings is 1. The summed E-state index contributed by atoms with van der Waals surface area (Å²) in [6.45, 7) is 1.52. The number of rotatable bonds is 8. The maximum Gasteiger partial charge on any atom is 0.313 e. The first-order chi connectivity index (χ1) is 15.2. The zero-order chi connectivity index (χ0) is 23.4. The predicted octanol–water partition coefficient (Wildman–Crippen LogP) is 1.67. The highest BCUT2D eigenvalue weighted by Crippen LogP contribution is 2.30. The molecule has 0 bridgehead atoms. The van der Waals surface area contributed by atoms with Gasteiger partial charge in [-0.15, -0.1) is 0 Å². The van der Waals surface area contributed by atoms with E-state index in [0.29, 0.717) is 0 Å². The molecule has 1 aliphatic carbocycles. The highest BCUT2D eigenvalue weighted by atomic mass is 16.6. The van der Waals surface area contributed by atoms with Gasteiger partial charge >= 0.3 is 17.9 Å². The van der Waals surface area contributed by atoms with Gasteiger partial charge in [-0.2, -0.15) is 0 Å². The Kier molecular flexibility index (Phi) is 6.62. The van der Waals surface area contributed by atoms with Gasteiger partial charge in [-0.05, 0) is 6.07 Å². The topological polar surface area (TPSA) is 143 Å². The van der Waals surface area contributed by atoms with Gasteiger partial charge in [0, 0.05) is 25.0 Å². The van der Waals surface area contributed by atoms with Crippen molar-refractivity contribution < 1.29 is 47.4 Å². The Morgan fingerprint density at radius 2 is 1.50 bits per heavy atom. The van der Waals surface area contributed by atoms with Crippen LogP contribution in [0.1, 0.15) is 62.9 Å². The number of carbonyl (C=O) groups excluding carboxylic acids is 6. The third-order valence-electron chi connectivity index (χ3n) is 4.41. The molecular formula is C22H18O10. The normalized spacial score (nSPS) is 12.9. The van der Waals surface area contributed by atoms with Crippen molar-refractivity contribution >= 4 is 35.3 Å². The number of hydrogen-bond acceptors (Lipinski definition) is 10. The second-order valence-corrected chi connectivity index (χ2v) is 6.87. The van der Waals surface area contributed by atoms with Crippen molar-refractivity contribution in [2.45, 2.75) is 26.4 Å². The standard InChI is InChI=1S/C22H18O10/c1-11(23)29-9-13(31-12(2)24)10-30-19(26)8-17(25)18-7-16-20(27)14-5-3-4-6-15(14)21(28)22(16)32-18/h3-7,13H,8-10H2,1-2H3. The van der Waals surface area contributed by atoms with Crippen LogP contribution >= 0.6 is 0 Å².